The van der Waals surface area contributed by atoms with E-state index in [1.165, 1.54) is 0 Å². The fraction of sp³-hybridized carbons (Fsp3) is 0.444. The minimum absolute atomic E-state index is 0. The molecule has 0 saturated heterocycles. The molecule has 0 spiro atoms. The van der Waals surface area contributed by atoms with E-state index in [9.17, 15) is 4.79 Å². The van der Waals surface area contributed by atoms with Crippen LogP contribution in [0.25, 0.3) is 5.69 Å². The molecule has 1 aliphatic rings. The Kier molecular flexibility index (Phi) is 5.56. The van der Waals surface area contributed by atoms with Crippen molar-refractivity contribution in [3.8, 4) is 5.69 Å². The number of halogens is 1. The van der Waals surface area contributed by atoms with Gasteiger partial charge >= 0.3 is 0 Å². The van der Waals surface area contributed by atoms with Crippen LogP contribution in [0.5, 0.6) is 0 Å². The quantitative estimate of drug-likeness (QED) is 0.854. The van der Waals surface area contributed by atoms with Crippen molar-refractivity contribution < 1.29 is 9.53 Å². The van der Waals surface area contributed by atoms with Crippen LogP contribution in [-0.4, -0.2) is 33.9 Å². The van der Waals surface area contributed by atoms with Gasteiger partial charge < -0.3 is 15.8 Å². The molecule has 1 fully saturated rings. The third-order valence-corrected chi connectivity index (χ3v) is 5.10. The Labute approximate surface area is 154 Å². The second kappa shape index (κ2) is 7.15. The zero-order valence-corrected chi connectivity index (χ0v) is 15.5. The normalized spacial score (nSPS) is 24.1. The molecule has 1 amide bonds. The van der Waals surface area contributed by atoms with Crippen LogP contribution in [0.4, 0.5) is 5.69 Å². The molecule has 1 heterocycles. The minimum Gasteiger partial charge on any atom is -0.378 e. The molecule has 2 atom stereocenters. The van der Waals surface area contributed by atoms with Crippen LogP contribution in [0.3, 0.4) is 0 Å². The maximum absolute atomic E-state index is 12.7. The highest BCUT2D eigenvalue weighted by Crippen LogP contribution is 2.50. The number of aromatic nitrogens is 2. The van der Waals surface area contributed by atoms with Crippen LogP contribution in [0, 0.1) is 5.41 Å². The summed E-state index contributed by atoms with van der Waals surface area (Å²) in [5.41, 5.74) is 6.59. The summed E-state index contributed by atoms with van der Waals surface area (Å²) >= 11 is 0. The number of rotatable bonds is 5. The molecule has 136 valence electrons. The molecular weight excluding hydrogens is 340 g/mol. The van der Waals surface area contributed by atoms with Gasteiger partial charge in [-0.3, -0.25) is 4.79 Å². The summed E-state index contributed by atoms with van der Waals surface area (Å²) in [6.07, 6.45) is 3.93. The summed E-state index contributed by atoms with van der Waals surface area (Å²) in [5, 5.41) is 7.17. The monoisotopic (exact) mass is 364 g/mol. The van der Waals surface area contributed by atoms with Crippen LogP contribution >= 0.6 is 12.4 Å². The maximum Gasteiger partial charge on any atom is 0.245 e. The lowest BCUT2D eigenvalue weighted by atomic mass is 9.54. The molecule has 1 saturated carbocycles. The summed E-state index contributed by atoms with van der Waals surface area (Å²) in [6.45, 7) is 6.52. The highest BCUT2D eigenvalue weighted by atomic mass is 35.5. The number of para-hydroxylation sites is 1. The second-order valence-corrected chi connectivity index (χ2v) is 6.80. The van der Waals surface area contributed by atoms with E-state index in [2.05, 4.69) is 10.4 Å². The van der Waals surface area contributed by atoms with E-state index >= 15 is 0 Å². The number of carbonyl (C=O) groups is 1. The first-order valence-electron chi connectivity index (χ1n) is 8.20. The maximum atomic E-state index is 12.7. The third-order valence-electron chi connectivity index (χ3n) is 5.10. The lowest BCUT2D eigenvalue weighted by Gasteiger charge is -2.57. The number of carbonyl (C=O) groups excluding carboxylic acids is 1. The molecule has 0 radical (unpaired) electrons. The average Bonchev–Trinajstić information content (AvgIpc) is 3.03. The van der Waals surface area contributed by atoms with E-state index in [4.69, 9.17) is 10.5 Å². The number of hydrogen-bond donors (Lipinski definition) is 2. The van der Waals surface area contributed by atoms with Crippen molar-refractivity contribution in [1.29, 1.82) is 0 Å². The molecule has 1 aliphatic carbocycles. The van der Waals surface area contributed by atoms with Crippen molar-refractivity contribution in [2.75, 3.05) is 11.9 Å². The zero-order valence-electron chi connectivity index (χ0n) is 14.7. The molecule has 2 aromatic rings. The second-order valence-electron chi connectivity index (χ2n) is 6.80. The fourth-order valence-corrected chi connectivity index (χ4v) is 3.17. The molecular formula is C18H25ClN4O2. The molecule has 3 N–H and O–H groups in total. The summed E-state index contributed by atoms with van der Waals surface area (Å²) in [4.78, 5) is 12.7. The number of anilines is 1. The zero-order chi connectivity index (χ0) is 17.4. The number of nitrogens with zero attached hydrogens (tertiary/aromatic N) is 2. The van der Waals surface area contributed by atoms with Crippen molar-refractivity contribution >= 4 is 24.0 Å². The highest BCUT2D eigenvalue weighted by Gasteiger charge is 2.62. The number of hydrogen-bond acceptors (Lipinski definition) is 4. The first kappa shape index (κ1) is 19.4. The summed E-state index contributed by atoms with van der Waals surface area (Å²) in [6, 6.07) is 9.72. The Morgan fingerprint density at radius 1 is 1.40 bits per heavy atom. The molecule has 7 heteroatoms. The van der Waals surface area contributed by atoms with Crippen LogP contribution in [-0.2, 0) is 9.53 Å². The van der Waals surface area contributed by atoms with Crippen LogP contribution in [0.1, 0.15) is 27.2 Å². The molecule has 1 aromatic heterocycles. The lowest BCUT2D eigenvalue weighted by molar-refractivity contribution is -0.166. The molecule has 2 unspecified atom stereocenters. The lowest BCUT2D eigenvalue weighted by Crippen LogP contribution is -2.74. The highest BCUT2D eigenvalue weighted by molar-refractivity contribution is 5.99. The Morgan fingerprint density at radius 2 is 2.08 bits per heavy atom. The number of amides is 1. The van der Waals surface area contributed by atoms with E-state index < -0.39 is 11.0 Å². The Hall–Kier alpha value is -1.89. The van der Waals surface area contributed by atoms with E-state index in [0.29, 0.717) is 18.7 Å². The number of ether oxygens (including phenoxy) is 1. The van der Waals surface area contributed by atoms with Crippen molar-refractivity contribution in [1.82, 2.24) is 9.78 Å². The van der Waals surface area contributed by atoms with Gasteiger partial charge in [0.05, 0.1) is 29.9 Å². The van der Waals surface area contributed by atoms with E-state index in [1.807, 2.05) is 51.1 Å². The van der Waals surface area contributed by atoms with Crippen LogP contribution in [0.15, 0.2) is 42.7 Å². The third kappa shape index (κ3) is 3.29. The van der Waals surface area contributed by atoms with Crippen molar-refractivity contribution in [2.45, 2.75) is 38.8 Å². The fourth-order valence-electron chi connectivity index (χ4n) is 3.17. The van der Waals surface area contributed by atoms with Crippen molar-refractivity contribution in [3.63, 3.8) is 0 Å². The molecule has 25 heavy (non-hydrogen) atoms. The molecule has 6 nitrogen and oxygen atoms in total. The summed E-state index contributed by atoms with van der Waals surface area (Å²) < 4.78 is 7.39. The topological polar surface area (TPSA) is 82.2 Å². The van der Waals surface area contributed by atoms with E-state index in [-0.39, 0.29) is 24.4 Å². The minimum atomic E-state index is -0.943. The Balaban J connectivity index is 0.00000225. The first-order chi connectivity index (χ1) is 11.4. The molecule has 0 aliphatic heterocycles. The molecule has 1 aromatic carbocycles. The van der Waals surface area contributed by atoms with Gasteiger partial charge in [0.25, 0.3) is 0 Å². The average molecular weight is 365 g/mol. The largest absolute Gasteiger partial charge is 0.378 e. The summed E-state index contributed by atoms with van der Waals surface area (Å²) in [5.74, 6) is -0.198. The van der Waals surface area contributed by atoms with Crippen LogP contribution < -0.4 is 11.1 Å². The molecule has 0 bridgehead atoms. The van der Waals surface area contributed by atoms with Crippen molar-refractivity contribution in [2.24, 2.45) is 11.1 Å². The van der Waals surface area contributed by atoms with Gasteiger partial charge in [0, 0.05) is 18.4 Å². The Bertz CT molecular complexity index is 732. The van der Waals surface area contributed by atoms with E-state index in [0.717, 1.165) is 5.69 Å². The first-order valence-corrected chi connectivity index (χ1v) is 8.20. The van der Waals surface area contributed by atoms with Gasteiger partial charge in [0.1, 0.15) is 5.54 Å². The van der Waals surface area contributed by atoms with Gasteiger partial charge in [-0.25, -0.2) is 4.68 Å². The van der Waals surface area contributed by atoms with Gasteiger partial charge in [0.2, 0.25) is 5.91 Å². The van der Waals surface area contributed by atoms with Gasteiger partial charge in [-0.05, 0) is 19.1 Å². The SMILES string of the molecule is CCOC1CC(N)(C(=O)Nc2cnn(-c3ccccc3)c2)C1(C)C.Cl. The predicted octanol–water partition coefficient (Wildman–Crippen LogP) is 2.77. The van der Waals surface area contributed by atoms with Crippen molar-refractivity contribution in [3.05, 3.63) is 42.7 Å². The molecule has 3 rings (SSSR count). The number of nitrogens with one attached hydrogen (secondary N) is 1. The number of benzene rings is 1. The van der Waals surface area contributed by atoms with Gasteiger partial charge in [0.15, 0.2) is 0 Å². The standard InChI is InChI=1S/C18H24N4O2.ClH/c1-4-24-15-10-18(19,17(15,2)3)16(23)21-13-11-20-22(12-13)14-8-6-5-7-9-14;/h5-9,11-12,15H,4,10,19H2,1-3H3,(H,21,23);1H. The van der Waals surface area contributed by atoms with Gasteiger partial charge in [-0.15, -0.1) is 12.4 Å². The van der Waals surface area contributed by atoms with Gasteiger partial charge in [-0.2, -0.15) is 5.10 Å². The smallest absolute Gasteiger partial charge is 0.245 e. The van der Waals surface area contributed by atoms with E-state index in [1.54, 1.807) is 17.1 Å². The number of nitrogens with two attached hydrogens (primary N) is 1. The van der Waals surface area contributed by atoms with Gasteiger partial charge in [-0.1, -0.05) is 32.0 Å². The predicted molar refractivity (Wildman–Crippen MR) is 100 cm³/mol. The summed E-state index contributed by atoms with van der Waals surface area (Å²) in [7, 11) is 0. The van der Waals surface area contributed by atoms with Crippen LogP contribution in [0.2, 0.25) is 0 Å². The Morgan fingerprint density at radius 3 is 2.68 bits per heavy atom.